The highest BCUT2D eigenvalue weighted by Crippen LogP contribution is 2.56. The zero-order valence-electron chi connectivity index (χ0n) is 60.7. The lowest BCUT2D eigenvalue weighted by Gasteiger charge is -2.32. The van der Waals surface area contributed by atoms with E-state index in [1.807, 2.05) is 0 Å². The number of phenolic OH excluding ortho intramolecular Hbond substituents is 4. The molecule has 12 aromatic rings. The van der Waals surface area contributed by atoms with Gasteiger partial charge in [-0.25, -0.2) is 0 Å². The molecule has 504 valence electrons. The first kappa shape index (κ1) is 65.5. The van der Waals surface area contributed by atoms with E-state index in [1.54, 1.807) is 0 Å². The van der Waals surface area contributed by atoms with Gasteiger partial charge in [-0.3, -0.25) is 0 Å². The van der Waals surface area contributed by atoms with Gasteiger partial charge in [0.25, 0.3) is 0 Å². The summed E-state index contributed by atoms with van der Waals surface area (Å²) in [7, 11) is 0. The monoisotopic (exact) mass is 1320 g/mol. The van der Waals surface area contributed by atoms with E-state index in [-0.39, 0.29) is 34.8 Å². The van der Waals surface area contributed by atoms with Gasteiger partial charge in [0.2, 0.25) is 0 Å². The molecule has 0 atom stereocenters. The van der Waals surface area contributed by atoms with E-state index >= 15 is 0 Å². The highest BCUT2D eigenvalue weighted by Gasteiger charge is 2.37. The molecule has 4 aliphatic carbocycles. The lowest BCUT2D eigenvalue weighted by atomic mass is 9.72. The highest BCUT2D eigenvalue weighted by atomic mass is 16.3. The third-order valence-electron chi connectivity index (χ3n) is 23.0. The fourth-order valence-corrected chi connectivity index (χ4v) is 18.0. The zero-order valence-corrected chi connectivity index (χ0v) is 60.7. The van der Waals surface area contributed by atoms with Gasteiger partial charge in [-0.2, -0.15) is 0 Å². The molecule has 0 bridgehead atoms. The number of aromatic hydroxyl groups is 4. The van der Waals surface area contributed by atoms with E-state index in [0.717, 1.165) is 121 Å². The van der Waals surface area contributed by atoms with Crippen LogP contribution >= 0.6 is 0 Å². The summed E-state index contributed by atoms with van der Waals surface area (Å²) in [6.07, 6.45) is 5.16. The van der Waals surface area contributed by atoms with E-state index < -0.39 is 21.7 Å². The zero-order chi connectivity index (χ0) is 70.3. The van der Waals surface area contributed by atoms with Gasteiger partial charge in [-0.15, -0.1) is 0 Å². The SMILES string of the molecule is CC(C)(C)c1cc(C(CCCC(c2cc(C(C)(C)C)c(O)cc2-c2cccc3c2Cc2ccccc2-3)c2cc(C(C)(C)C)c(O)cc2-c2cccc3c2Cc2ccccc2-3)c2cc(C(C)(C)C)c(O)cc2-c2cccc3c2Cc2ccccc2-3)c(-c2cccc3c2Cc2ccccc2-3)cc1O. The Morgan fingerprint density at radius 1 is 0.238 bits per heavy atom. The highest BCUT2D eigenvalue weighted by molar-refractivity contribution is 5.92. The molecule has 0 radical (unpaired) electrons. The van der Waals surface area contributed by atoms with Gasteiger partial charge < -0.3 is 20.4 Å². The predicted molar refractivity (Wildman–Crippen MR) is 419 cm³/mol. The molecule has 0 saturated carbocycles. The Morgan fingerprint density at radius 3 is 0.634 bits per heavy atom. The van der Waals surface area contributed by atoms with Crippen LogP contribution in [0.3, 0.4) is 0 Å². The van der Waals surface area contributed by atoms with Crippen LogP contribution < -0.4 is 0 Å². The molecule has 0 aliphatic heterocycles. The van der Waals surface area contributed by atoms with Crippen molar-refractivity contribution < 1.29 is 20.4 Å². The first-order chi connectivity index (χ1) is 48.3. The molecule has 4 N–H and O–H groups in total. The van der Waals surface area contributed by atoms with Crippen LogP contribution in [0.5, 0.6) is 23.0 Å². The summed E-state index contributed by atoms with van der Waals surface area (Å²) in [4.78, 5) is 0. The van der Waals surface area contributed by atoms with Gasteiger partial charge >= 0.3 is 0 Å². The minimum absolute atomic E-state index is 0.276. The third-order valence-corrected chi connectivity index (χ3v) is 23.0. The van der Waals surface area contributed by atoms with Gasteiger partial charge in [0.15, 0.2) is 0 Å². The molecule has 0 heterocycles. The van der Waals surface area contributed by atoms with Gasteiger partial charge in [-0.1, -0.05) is 284 Å². The van der Waals surface area contributed by atoms with Crippen LogP contribution in [0.4, 0.5) is 0 Å². The second kappa shape index (κ2) is 24.3. The van der Waals surface area contributed by atoms with Crippen LogP contribution in [-0.4, -0.2) is 20.4 Å². The number of hydrogen-bond acceptors (Lipinski definition) is 4. The van der Waals surface area contributed by atoms with Crippen molar-refractivity contribution in [2.75, 3.05) is 0 Å². The fraction of sp³-hybridized carbons (Fsp3) is 0.258. The molecule has 4 heteroatoms. The van der Waals surface area contributed by atoms with Crippen LogP contribution in [-0.2, 0) is 47.3 Å². The Kier molecular flexibility index (Phi) is 15.7. The van der Waals surface area contributed by atoms with Gasteiger partial charge in [0, 0.05) is 11.8 Å². The largest absolute Gasteiger partial charge is 0.508 e. The van der Waals surface area contributed by atoms with E-state index in [1.165, 1.54) is 89.0 Å². The van der Waals surface area contributed by atoms with Crippen LogP contribution in [0.15, 0.2) is 218 Å². The van der Waals surface area contributed by atoms with E-state index in [9.17, 15) is 20.4 Å². The summed E-state index contributed by atoms with van der Waals surface area (Å²) in [6.45, 7) is 26.5. The number of benzene rings is 12. The smallest absolute Gasteiger partial charge is 0.119 e. The summed E-state index contributed by atoms with van der Waals surface area (Å²) >= 11 is 0. The summed E-state index contributed by atoms with van der Waals surface area (Å²) in [6, 6.07) is 80.0. The minimum atomic E-state index is -0.444. The third kappa shape index (κ3) is 11.3. The molecule has 0 aromatic heterocycles. The van der Waals surface area contributed by atoms with Crippen molar-refractivity contribution in [3.05, 3.63) is 307 Å². The molecule has 0 spiro atoms. The number of rotatable bonds is 12. The number of hydrogen-bond donors (Lipinski definition) is 4. The van der Waals surface area contributed by atoms with Crippen LogP contribution in [0.1, 0.15) is 203 Å². The van der Waals surface area contributed by atoms with E-state index in [4.69, 9.17) is 0 Å². The molecule has 16 rings (SSSR count). The van der Waals surface area contributed by atoms with Crippen molar-refractivity contribution in [2.45, 2.75) is 162 Å². The number of fused-ring (bicyclic) bond motifs is 12. The van der Waals surface area contributed by atoms with Crippen molar-refractivity contribution >= 4 is 0 Å². The molecule has 0 saturated heterocycles. The molecule has 0 amide bonds. The minimum Gasteiger partial charge on any atom is -0.508 e. The molecule has 0 fully saturated rings. The Bertz CT molecular complexity index is 4710. The summed E-state index contributed by atoms with van der Waals surface area (Å²) in [5.74, 6) is 0.500. The first-order valence-corrected chi connectivity index (χ1v) is 36.6. The molecular weight excluding hydrogens is 1230 g/mol. The Balaban J connectivity index is 0.971. The second-order valence-electron chi connectivity index (χ2n) is 33.5. The van der Waals surface area contributed by atoms with Crippen molar-refractivity contribution in [1.29, 1.82) is 0 Å². The van der Waals surface area contributed by atoms with Crippen molar-refractivity contribution in [1.82, 2.24) is 0 Å². The Morgan fingerprint density at radius 2 is 0.426 bits per heavy atom. The lowest BCUT2D eigenvalue weighted by Crippen LogP contribution is -2.17. The van der Waals surface area contributed by atoms with Crippen molar-refractivity contribution in [3.63, 3.8) is 0 Å². The quantitative estimate of drug-likeness (QED) is 0.0983. The predicted octanol–water partition coefficient (Wildman–Crippen LogP) is 24.8. The summed E-state index contributed by atoms with van der Waals surface area (Å²) < 4.78 is 0. The Labute approximate surface area is 597 Å². The maximum absolute atomic E-state index is 12.8. The summed E-state index contributed by atoms with van der Waals surface area (Å²) in [5, 5.41) is 51.2. The lowest BCUT2D eigenvalue weighted by molar-refractivity contribution is 0.445. The molecule has 0 unspecified atom stereocenters. The van der Waals surface area contributed by atoms with Crippen molar-refractivity contribution in [3.8, 4) is 112 Å². The fourth-order valence-electron chi connectivity index (χ4n) is 18.0. The molecular formula is C97H92O4. The molecule has 12 aromatic carbocycles. The number of phenols is 4. The van der Waals surface area contributed by atoms with Crippen molar-refractivity contribution in [2.24, 2.45) is 0 Å². The summed E-state index contributed by atoms with van der Waals surface area (Å²) in [5.41, 5.74) is 34.9. The standard InChI is InChI=1S/C97H92O4/c1-94(2,3)86-48-78(82(52-90(86)98)68-38-21-34-64-60-30-17-13-26-56(60)44-74(64)68)72(79-49-87(95(4,5)6)91(99)53-83(79)69-39-22-35-65-61-31-18-14-27-57(61)45-75(65)69)42-25-43-73(80-50-88(96(7,8)9)92(100)54-84(80)70-40-23-36-66-62-32-19-15-28-58(62)46-76(66)70)81-51-89(97(10,11)12)93(101)55-85(81)71-41-24-37-67-63-33-20-16-29-59(63)47-77(67)71/h13-24,26-41,48-55,72-73,98-101H,25,42-47H2,1-12H3. The van der Waals surface area contributed by atoms with Gasteiger partial charge in [0.05, 0.1) is 0 Å². The van der Waals surface area contributed by atoms with E-state index in [0.29, 0.717) is 12.8 Å². The Hall–Kier alpha value is -10.2. The normalized spacial score (nSPS) is 13.4. The van der Waals surface area contributed by atoms with Gasteiger partial charge in [-0.05, 0) is 262 Å². The topological polar surface area (TPSA) is 80.9 Å². The van der Waals surface area contributed by atoms with E-state index in [2.05, 4.69) is 301 Å². The maximum Gasteiger partial charge on any atom is 0.119 e. The van der Waals surface area contributed by atoms with Crippen LogP contribution in [0.25, 0.3) is 89.0 Å². The van der Waals surface area contributed by atoms with Crippen LogP contribution in [0.2, 0.25) is 0 Å². The average Bonchev–Trinajstić information content (AvgIpc) is 1.52. The first-order valence-electron chi connectivity index (χ1n) is 36.6. The van der Waals surface area contributed by atoms with Gasteiger partial charge in [0.1, 0.15) is 23.0 Å². The average molecular weight is 1320 g/mol. The maximum atomic E-state index is 12.8. The molecule has 4 nitrogen and oxygen atoms in total. The second-order valence-corrected chi connectivity index (χ2v) is 33.5. The molecule has 101 heavy (non-hydrogen) atoms. The molecule has 4 aliphatic rings. The van der Waals surface area contributed by atoms with Crippen LogP contribution in [0, 0.1) is 0 Å².